The zero-order chi connectivity index (χ0) is 13.7. The molecule has 98 valence electrons. The van der Waals surface area contributed by atoms with Crippen molar-refractivity contribution in [3.05, 3.63) is 12.2 Å². The second-order valence-corrected chi connectivity index (χ2v) is 3.90. The minimum atomic E-state index is -0.488. The van der Waals surface area contributed by atoms with E-state index in [1.54, 1.807) is 6.92 Å². The molecular formula is C11H15N3O4. The summed E-state index contributed by atoms with van der Waals surface area (Å²) in [5, 5.41) is 5.01. The third kappa shape index (κ3) is 4.00. The van der Waals surface area contributed by atoms with Crippen LogP contribution in [0.2, 0.25) is 0 Å². The van der Waals surface area contributed by atoms with E-state index in [0.29, 0.717) is 0 Å². The van der Waals surface area contributed by atoms with Crippen molar-refractivity contribution in [2.75, 3.05) is 6.54 Å². The summed E-state index contributed by atoms with van der Waals surface area (Å²) in [6, 6.07) is 0. The highest BCUT2D eigenvalue weighted by atomic mass is 16.2. The largest absolute Gasteiger partial charge is 0.337 e. The van der Waals surface area contributed by atoms with Gasteiger partial charge in [0.1, 0.15) is 0 Å². The Morgan fingerprint density at radius 3 is 2.28 bits per heavy atom. The maximum absolute atomic E-state index is 11.5. The quantitative estimate of drug-likeness (QED) is 0.480. The number of carbonyl (C=O) groups excluding carboxylic acids is 4. The van der Waals surface area contributed by atoms with Gasteiger partial charge in [0.25, 0.3) is 11.8 Å². The molecule has 1 aliphatic rings. The summed E-state index contributed by atoms with van der Waals surface area (Å²) in [6.07, 6.45) is 1.85. The molecule has 18 heavy (non-hydrogen) atoms. The Morgan fingerprint density at radius 2 is 1.78 bits per heavy atom. The Balaban J connectivity index is 2.31. The Kier molecular flexibility index (Phi) is 4.59. The van der Waals surface area contributed by atoms with Crippen LogP contribution >= 0.6 is 0 Å². The average molecular weight is 253 g/mol. The zero-order valence-corrected chi connectivity index (χ0v) is 10.2. The van der Waals surface area contributed by atoms with Crippen molar-refractivity contribution in [1.82, 2.24) is 15.5 Å². The average Bonchev–Trinajstić information content (AvgIpc) is 2.54. The van der Waals surface area contributed by atoms with Crippen molar-refractivity contribution in [2.45, 2.75) is 26.4 Å². The predicted octanol–water partition coefficient (Wildman–Crippen LogP) is -1.10. The van der Waals surface area contributed by atoms with Crippen LogP contribution in [-0.4, -0.2) is 41.2 Å². The highest BCUT2D eigenvalue weighted by Crippen LogP contribution is 2.03. The summed E-state index contributed by atoms with van der Waals surface area (Å²) < 4.78 is 0. The maximum atomic E-state index is 11.5. The van der Waals surface area contributed by atoms with Crippen molar-refractivity contribution in [3.8, 4) is 0 Å². The second kappa shape index (κ2) is 5.95. The lowest BCUT2D eigenvalue weighted by molar-refractivity contribution is -0.137. The van der Waals surface area contributed by atoms with Crippen molar-refractivity contribution in [1.29, 1.82) is 0 Å². The van der Waals surface area contributed by atoms with Crippen LogP contribution in [0.3, 0.4) is 0 Å². The summed E-state index contributed by atoms with van der Waals surface area (Å²) in [5.74, 6) is -1.42. The molecule has 0 spiro atoms. The molecule has 4 amide bonds. The van der Waals surface area contributed by atoms with Gasteiger partial charge in [-0.05, 0) is 6.92 Å². The molecule has 0 bridgehead atoms. The van der Waals surface area contributed by atoms with Gasteiger partial charge < -0.3 is 10.6 Å². The summed E-state index contributed by atoms with van der Waals surface area (Å²) in [6.45, 7) is 2.99. The van der Waals surface area contributed by atoms with Gasteiger partial charge in [-0.15, -0.1) is 0 Å². The minimum absolute atomic E-state index is 0.00306. The van der Waals surface area contributed by atoms with Gasteiger partial charge in [0.15, 0.2) is 0 Å². The Hall–Kier alpha value is -2.18. The monoisotopic (exact) mass is 253 g/mol. The van der Waals surface area contributed by atoms with Gasteiger partial charge in [0.05, 0.1) is 6.17 Å². The molecule has 0 aliphatic carbocycles. The Bertz CT molecular complexity index is 399. The van der Waals surface area contributed by atoms with Crippen LogP contribution in [0.4, 0.5) is 0 Å². The van der Waals surface area contributed by atoms with E-state index in [1.807, 2.05) is 0 Å². The molecule has 7 heteroatoms. The third-order valence-electron chi connectivity index (χ3n) is 2.26. The molecule has 0 aromatic carbocycles. The van der Waals surface area contributed by atoms with Crippen LogP contribution in [0, 0.1) is 0 Å². The number of nitrogens with zero attached hydrogens (tertiary/aromatic N) is 1. The molecule has 1 unspecified atom stereocenters. The fraction of sp³-hybridized carbons (Fsp3) is 0.455. The van der Waals surface area contributed by atoms with Gasteiger partial charge in [0, 0.05) is 32.0 Å². The number of carbonyl (C=O) groups is 4. The first kappa shape index (κ1) is 13.9. The molecule has 7 nitrogen and oxygen atoms in total. The fourth-order valence-electron chi connectivity index (χ4n) is 1.52. The summed E-state index contributed by atoms with van der Waals surface area (Å²) in [5.41, 5.74) is 0. The van der Waals surface area contributed by atoms with E-state index in [4.69, 9.17) is 0 Å². The molecule has 1 aliphatic heterocycles. The minimum Gasteiger partial charge on any atom is -0.337 e. The number of hydrogen-bond donors (Lipinski definition) is 2. The van der Waals surface area contributed by atoms with Crippen molar-refractivity contribution < 1.29 is 19.2 Å². The Labute approximate surface area is 104 Å². The maximum Gasteiger partial charge on any atom is 0.253 e. The number of rotatable bonds is 5. The molecule has 0 aromatic rings. The molecule has 0 saturated carbocycles. The highest BCUT2D eigenvalue weighted by molar-refractivity contribution is 6.13. The van der Waals surface area contributed by atoms with Gasteiger partial charge in [-0.2, -0.15) is 0 Å². The number of hydrogen-bond acceptors (Lipinski definition) is 4. The molecule has 1 atom stereocenters. The smallest absolute Gasteiger partial charge is 0.253 e. The van der Waals surface area contributed by atoms with Crippen LogP contribution in [0.15, 0.2) is 12.2 Å². The predicted molar refractivity (Wildman–Crippen MR) is 61.9 cm³/mol. The Morgan fingerprint density at radius 1 is 1.22 bits per heavy atom. The summed E-state index contributed by atoms with van der Waals surface area (Å²) >= 11 is 0. The van der Waals surface area contributed by atoms with E-state index in [-0.39, 0.29) is 24.8 Å². The molecule has 0 saturated heterocycles. The molecule has 2 N–H and O–H groups in total. The van der Waals surface area contributed by atoms with Gasteiger partial charge >= 0.3 is 0 Å². The van der Waals surface area contributed by atoms with E-state index in [2.05, 4.69) is 10.6 Å². The first-order chi connectivity index (χ1) is 8.40. The fourth-order valence-corrected chi connectivity index (χ4v) is 1.52. The van der Waals surface area contributed by atoms with Gasteiger partial charge in [-0.1, -0.05) is 0 Å². The summed E-state index contributed by atoms with van der Waals surface area (Å²) in [7, 11) is 0. The van der Waals surface area contributed by atoms with Crippen LogP contribution in [0.25, 0.3) is 0 Å². The van der Waals surface area contributed by atoms with Crippen LogP contribution in [0.5, 0.6) is 0 Å². The second-order valence-electron chi connectivity index (χ2n) is 3.90. The number of imide groups is 1. The molecule has 0 aromatic heterocycles. The lowest BCUT2D eigenvalue weighted by atomic mass is 10.3. The van der Waals surface area contributed by atoms with Crippen molar-refractivity contribution in [2.24, 2.45) is 0 Å². The highest BCUT2D eigenvalue weighted by Gasteiger charge is 2.23. The molecule has 0 fully saturated rings. The molecular weight excluding hydrogens is 238 g/mol. The molecule has 1 rings (SSSR count). The van der Waals surface area contributed by atoms with E-state index < -0.39 is 18.0 Å². The molecule has 0 radical (unpaired) electrons. The number of nitrogens with one attached hydrogen (secondary N) is 2. The first-order valence-corrected chi connectivity index (χ1v) is 5.50. The van der Waals surface area contributed by atoms with Crippen LogP contribution in [0.1, 0.15) is 20.3 Å². The van der Waals surface area contributed by atoms with Gasteiger partial charge in [-0.25, -0.2) is 0 Å². The first-order valence-electron chi connectivity index (χ1n) is 5.50. The van der Waals surface area contributed by atoms with Gasteiger partial charge in [-0.3, -0.25) is 24.1 Å². The van der Waals surface area contributed by atoms with Crippen LogP contribution < -0.4 is 10.6 Å². The van der Waals surface area contributed by atoms with Crippen molar-refractivity contribution in [3.63, 3.8) is 0 Å². The van der Waals surface area contributed by atoms with E-state index >= 15 is 0 Å². The normalized spacial score (nSPS) is 15.8. The lowest BCUT2D eigenvalue weighted by Gasteiger charge is -2.16. The molecule has 1 heterocycles. The van der Waals surface area contributed by atoms with Crippen LogP contribution in [-0.2, 0) is 19.2 Å². The van der Waals surface area contributed by atoms with Crippen molar-refractivity contribution >= 4 is 23.6 Å². The van der Waals surface area contributed by atoms with E-state index in [0.717, 1.165) is 4.90 Å². The topological polar surface area (TPSA) is 95.6 Å². The third-order valence-corrected chi connectivity index (χ3v) is 2.26. The number of amides is 4. The lowest BCUT2D eigenvalue weighted by Crippen LogP contribution is -2.46. The van der Waals surface area contributed by atoms with E-state index in [9.17, 15) is 19.2 Å². The summed E-state index contributed by atoms with van der Waals surface area (Å²) in [4.78, 5) is 45.6. The van der Waals surface area contributed by atoms with Gasteiger partial charge in [0.2, 0.25) is 11.8 Å². The zero-order valence-electron chi connectivity index (χ0n) is 10.2. The SMILES string of the molecule is CC(=O)NC(C)NC(=O)CCN1C(=O)C=CC1=O. The standard InChI is InChI=1S/C11H15N3O4/c1-7(12-8(2)15)13-9(16)5-6-14-10(17)3-4-11(14)18/h3-4,7H,5-6H2,1-2H3,(H,12,15)(H,13,16). The van der Waals surface area contributed by atoms with E-state index in [1.165, 1.54) is 19.1 Å².